The highest BCUT2D eigenvalue weighted by Crippen LogP contribution is 2.33. The summed E-state index contributed by atoms with van der Waals surface area (Å²) in [5.41, 5.74) is 3.78. The summed E-state index contributed by atoms with van der Waals surface area (Å²) in [6, 6.07) is 19.9. The van der Waals surface area contributed by atoms with Gasteiger partial charge in [0.1, 0.15) is 15.4 Å². The van der Waals surface area contributed by atoms with Crippen molar-refractivity contribution in [2.45, 2.75) is 18.2 Å². The van der Waals surface area contributed by atoms with Gasteiger partial charge >= 0.3 is 0 Å². The standard InChI is InChI=1S/C22H19N3OS2/c1-15-17(21-25-19-11-6-13-23-22(19)28-21)9-5-10-18(15)24-20(26)12-14-27-16-7-3-2-4-8-16/h2-11,13H,12,14H2,1H3,(H,24,26). The number of fused-ring (bicyclic) bond motifs is 1. The molecule has 140 valence electrons. The lowest BCUT2D eigenvalue weighted by Gasteiger charge is -2.11. The molecule has 2 heterocycles. The van der Waals surface area contributed by atoms with Gasteiger partial charge in [-0.15, -0.1) is 11.8 Å². The average Bonchev–Trinajstić information content (AvgIpc) is 3.14. The third kappa shape index (κ3) is 4.24. The minimum Gasteiger partial charge on any atom is -0.326 e. The van der Waals surface area contributed by atoms with Crippen LogP contribution in [0.2, 0.25) is 0 Å². The topological polar surface area (TPSA) is 54.9 Å². The zero-order chi connectivity index (χ0) is 19.3. The molecule has 0 aliphatic rings. The van der Waals surface area contributed by atoms with Crippen LogP contribution >= 0.6 is 23.1 Å². The van der Waals surface area contributed by atoms with Gasteiger partial charge in [-0.25, -0.2) is 9.97 Å². The van der Waals surface area contributed by atoms with E-state index in [1.165, 1.54) is 4.90 Å². The molecule has 6 heteroatoms. The van der Waals surface area contributed by atoms with Gasteiger partial charge in [0.2, 0.25) is 5.91 Å². The van der Waals surface area contributed by atoms with E-state index in [2.05, 4.69) is 27.4 Å². The number of benzene rings is 2. The Morgan fingerprint density at radius 2 is 1.93 bits per heavy atom. The summed E-state index contributed by atoms with van der Waals surface area (Å²) in [6.07, 6.45) is 2.25. The summed E-state index contributed by atoms with van der Waals surface area (Å²) in [6.45, 7) is 2.02. The van der Waals surface area contributed by atoms with Gasteiger partial charge in [0.25, 0.3) is 0 Å². The molecule has 2 aromatic heterocycles. The molecule has 0 unspecified atom stereocenters. The predicted molar refractivity (Wildman–Crippen MR) is 118 cm³/mol. The maximum Gasteiger partial charge on any atom is 0.225 e. The van der Waals surface area contributed by atoms with Crippen LogP contribution in [0.1, 0.15) is 12.0 Å². The number of amides is 1. The summed E-state index contributed by atoms with van der Waals surface area (Å²) in [5, 5.41) is 3.97. The number of thiazole rings is 1. The number of nitrogens with one attached hydrogen (secondary N) is 1. The van der Waals surface area contributed by atoms with Gasteiger partial charge in [-0.3, -0.25) is 4.79 Å². The van der Waals surface area contributed by atoms with Crippen molar-refractivity contribution >= 4 is 45.0 Å². The van der Waals surface area contributed by atoms with E-state index in [1.54, 1.807) is 29.3 Å². The second kappa shape index (κ2) is 8.54. The average molecular weight is 406 g/mol. The smallest absolute Gasteiger partial charge is 0.225 e. The van der Waals surface area contributed by atoms with Crippen molar-refractivity contribution in [1.82, 2.24) is 9.97 Å². The van der Waals surface area contributed by atoms with Gasteiger partial charge in [-0.2, -0.15) is 0 Å². The zero-order valence-electron chi connectivity index (χ0n) is 15.4. The molecule has 1 amide bonds. The monoisotopic (exact) mass is 405 g/mol. The molecule has 0 bridgehead atoms. The molecule has 0 aliphatic carbocycles. The minimum atomic E-state index is 0.0228. The molecule has 0 atom stereocenters. The van der Waals surface area contributed by atoms with E-state index in [0.717, 1.165) is 37.9 Å². The highest BCUT2D eigenvalue weighted by Gasteiger charge is 2.13. The van der Waals surface area contributed by atoms with Crippen molar-refractivity contribution in [2.24, 2.45) is 0 Å². The molecular formula is C22H19N3OS2. The van der Waals surface area contributed by atoms with Crippen LogP contribution in [0.15, 0.2) is 71.8 Å². The van der Waals surface area contributed by atoms with Gasteiger partial charge in [0.15, 0.2) is 0 Å². The molecule has 0 saturated carbocycles. The van der Waals surface area contributed by atoms with Crippen molar-refractivity contribution in [3.63, 3.8) is 0 Å². The molecular weight excluding hydrogens is 386 g/mol. The van der Waals surface area contributed by atoms with Crippen LogP contribution in [-0.4, -0.2) is 21.6 Å². The first-order chi connectivity index (χ1) is 13.7. The lowest BCUT2D eigenvalue weighted by atomic mass is 10.1. The van der Waals surface area contributed by atoms with E-state index in [0.29, 0.717) is 6.42 Å². The first-order valence-electron chi connectivity index (χ1n) is 9.00. The van der Waals surface area contributed by atoms with Gasteiger partial charge in [0.05, 0.1) is 0 Å². The number of nitrogens with zero attached hydrogens (tertiary/aromatic N) is 2. The lowest BCUT2D eigenvalue weighted by molar-refractivity contribution is -0.115. The largest absolute Gasteiger partial charge is 0.326 e. The SMILES string of the molecule is Cc1c(NC(=O)CCSc2ccccc2)cccc1-c1nc2cccnc2s1. The number of thioether (sulfide) groups is 1. The first-order valence-corrected chi connectivity index (χ1v) is 10.8. The van der Waals surface area contributed by atoms with E-state index in [4.69, 9.17) is 0 Å². The Bertz CT molecular complexity index is 1080. The number of anilines is 1. The van der Waals surface area contributed by atoms with Crippen molar-refractivity contribution < 1.29 is 4.79 Å². The highest BCUT2D eigenvalue weighted by atomic mass is 32.2. The number of aromatic nitrogens is 2. The van der Waals surface area contributed by atoms with E-state index < -0.39 is 0 Å². The van der Waals surface area contributed by atoms with Crippen LogP contribution in [0.4, 0.5) is 5.69 Å². The van der Waals surface area contributed by atoms with E-state index in [-0.39, 0.29) is 5.91 Å². The molecule has 4 nitrogen and oxygen atoms in total. The minimum absolute atomic E-state index is 0.0228. The van der Waals surface area contributed by atoms with Gasteiger partial charge in [-0.1, -0.05) is 41.7 Å². The second-order valence-electron chi connectivity index (χ2n) is 6.28. The van der Waals surface area contributed by atoms with Crippen LogP contribution in [0.3, 0.4) is 0 Å². The zero-order valence-corrected chi connectivity index (χ0v) is 17.0. The maximum absolute atomic E-state index is 12.4. The van der Waals surface area contributed by atoms with Crippen LogP contribution < -0.4 is 5.32 Å². The quantitative estimate of drug-likeness (QED) is 0.413. The molecule has 0 radical (unpaired) electrons. The summed E-state index contributed by atoms with van der Waals surface area (Å²) in [4.78, 5) is 23.6. The van der Waals surface area contributed by atoms with Crippen molar-refractivity contribution in [3.8, 4) is 10.6 Å². The molecule has 4 rings (SSSR count). The third-order valence-electron chi connectivity index (χ3n) is 4.35. The Kier molecular flexibility index (Phi) is 5.69. The first kappa shape index (κ1) is 18.7. The Morgan fingerprint density at radius 1 is 1.07 bits per heavy atom. The van der Waals surface area contributed by atoms with Crippen molar-refractivity contribution in [2.75, 3.05) is 11.1 Å². The van der Waals surface area contributed by atoms with Gasteiger partial charge < -0.3 is 5.32 Å². The fraction of sp³-hybridized carbons (Fsp3) is 0.136. The normalized spacial score (nSPS) is 10.9. The number of hydrogen-bond acceptors (Lipinski definition) is 5. The summed E-state index contributed by atoms with van der Waals surface area (Å²) in [5.74, 6) is 0.771. The number of rotatable bonds is 6. The van der Waals surface area contributed by atoms with Gasteiger partial charge in [-0.05, 0) is 42.8 Å². The number of hydrogen-bond donors (Lipinski definition) is 1. The van der Waals surface area contributed by atoms with E-state index in [9.17, 15) is 4.79 Å². The number of carbonyl (C=O) groups is 1. The summed E-state index contributed by atoms with van der Waals surface area (Å²) < 4.78 is 0. The van der Waals surface area contributed by atoms with E-state index >= 15 is 0 Å². The molecule has 0 aliphatic heterocycles. The maximum atomic E-state index is 12.4. The number of pyridine rings is 1. The van der Waals surface area contributed by atoms with Crippen LogP contribution in [0.25, 0.3) is 20.9 Å². The molecule has 0 saturated heterocycles. The Labute approximate surface area is 172 Å². The Morgan fingerprint density at radius 3 is 2.75 bits per heavy atom. The second-order valence-corrected chi connectivity index (χ2v) is 8.43. The molecule has 28 heavy (non-hydrogen) atoms. The molecule has 1 N–H and O–H groups in total. The Hall–Kier alpha value is -2.70. The van der Waals surface area contributed by atoms with Gasteiger partial charge in [0, 0.05) is 34.5 Å². The fourth-order valence-electron chi connectivity index (χ4n) is 2.88. The van der Waals surface area contributed by atoms with Crippen LogP contribution in [0.5, 0.6) is 0 Å². The van der Waals surface area contributed by atoms with Crippen molar-refractivity contribution in [1.29, 1.82) is 0 Å². The van der Waals surface area contributed by atoms with Crippen molar-refractivity contribution in [3.05, 3.63) is 72.4 Å². The molecule has 0 spiro atoms. The summed E-state index contributed by atoms with van der Waals surface area (Å²) in [7, 11) is 0. The predicted octanol–water partition coefficient (Wildman–Crippen LogP) is 5.79. The van der Waals surface area contributed by atoms with Crippen LogP contribution in [-0.2, 0) is 4.79 Å². The summed E-state index contributed by atoms with van der Waals surface area (Å²) >= 11 is 3.26. The molecule has 4 aromatic rings. The Balaban J connectivity index is 1.45. The van der Waals surface area contributed by atoms with Crippen LogP contribution in [0, 0.1) is 6.92 Å². The lowest BCUT2D eigenvalue weighted by Crippen LogP contribution is -2.13. The molecule has 0 fully saturated rings. The third-order valence-corrected chi connectivity index (χ3v) is 6.37. The fourth-order valence-corrected chi connectivity index (χ4v) is 4.74. The highest BCUT2D eigenvalue weighted by molar-refractivity contribution is 7.99. The molecule has 2 aromatic carbocycles. The number of carbonyl (C=O) groups excluding carboxylic acids is 1. The van der Waals surface area contributed by atoms with E-state index in [1.807, 2.05) is 55.5 Å².